The van der Waals surface area contributed by atoms with Crippen molar-refractivity contribution in [2.75, 3.05) is 0 Å². The van der Waals surface area contributed by atoms with Gasteiger partial charge in [0.2, 0.25) is 0 Å². The van der Waals surface area contributed by atoms with Gasteiger partial charge in [-0.3, -0.25) is 0 Å². The van der Waals surface area contributed by atoms with Gasteiger partial charge >= 0.3 is 6.36 Å². The third kappa shape index (κ3) is 3.15. The number of ether oxygens (including phenoxy) is 1. The molecule has 3 nitrogen and oxygen atoms in total. The molecular weight excluding hydrogens is 281 g/mol. The molecule has 1 aromatic heterocycles. The maximum atomic E-state index is 12.3. The SMILES string of the molecule is FC(F)(F)Oc1cccc(C2CCC2c2ncccn2)c1. The summed E-state index contributed by atoms with van der Waals surface area (Å²) in [5, 5.41) is 0. The maximum Gasteiger partial charge on any atom is 0.573 e. The third-order valence-electron chi connectivity index (χ3n) is 3.71. The van der Waals surface area contributed by atoms with Gasteiger partial charge in [0, 0.05) is 18.3 Å². The molecule has 1 aliphatic carbocycles. The van der Waals surface area contributed by atoms with Crippen molar-refractivity contribution in [1.82, 2.24) is 9.97 Å². The molecule has 2 aromatic rings. The Kier molecular flexibility index (Phi) is 3.53. The van der Waals surface area contributed by atoms with Crippen LogP contribution in [0.1, 0.15) is 36.1 Å². The lowest BCUT2D eigenvalue weighted by molar-refractivity contribution is -0.274. The molecule has 0 amide bonds. The quantitative estimate of drug-likeness (QED) is 0.857. The van der Waals surface area contributed by atoms with Crippen molar-refractivity contribution in [2.45, 2.75) is 31.0 Å². The molecule has 1 aliphatic rings. The molecule has 110 valence electrons. The van der Waals surface area contributed by atoms with Crippen LogP contribution in [0.4, 0.5) is 13.2 Å². The number of hydrogen-bond acceptors (Lipinski definition) is 3. The summed E-state index contributed by atoms with van der Waals surface area (Å²) in [6, 6.07) is 7.91. The topological polar surface area (TPSA) is 35.0 Å². The molecule has 3 rings (SSSR count). The minimum atomic E-state index is -4.67. The summed E-state index contributed by atoms with van der Waals surface area (Å²) in [7, 11) is 0. The van der Waals surface area contributed by atoms with E-state index in [-0.39, 0.29) is 17.6 Å². The number of benzene rings is 1. The lowest BCUT2D eigenvalue weighted by Gasteiger charge is -2.35. The minimum absolute atomic E-state index is 0.143. The van der Waals surface area contributed by atoms with E-state index < -0.39 is 6.36 Å². The Morgan fingerprint density at radius 1 is 1.00 bits per heavy atom. The average molecular weight is 294 g/mol. The van der Waals surface area contributed by atoms with Gasteiger partial charge in [0.1, 0.15) is 11.6 Å². The van der Waals surface area contributed by atoms with Crippen molar-refractivity contribution in [3.8, 4) is 5.75 Å². The fourth-order valence-corrected chi connectivity index (χ4v) is 2.65. The molecule has 0 spiro atoms. The highest BCUT2D eigenvalue weighted by atomic mass is 19.4. The van der Waals surface area contributed by atoms with Crippen molar-refractivity contribution in [1.29, 1.82) is 0 Å². The van der Waals surface area contributed by atoms with Crippen molar-refractivity contribution < 1.29 is 17.9 Å². The molecule has 0 radical (unpaired) electrons. The van der Waals surface area contributed by atoms with Crippen LogP contribution in [-0.4, -0.2) is 16.3 Å². The van der Waals surface area contributed by atoms with Crippen LogP contribution in [0.15, 0.2) is 42.7 Å². The Balaban J connectivity index is 1.80. The molecule has 0 bridgehead atoms. The predicted octanol–water partition coefficient (Wildman–Crippen LogP) is 4.04. The molecule has 0 N–H and O–H groups in total. The monoisotopic (exact) mass is 294 g/mol. The minimum Gasteiger partial charge on any atom is -0.406 e. The zero-order valence-electron chi connectivity index (χ0n) is 11.0. The predicted molar refractivity (Wildman–Crippen MR) is 69.9 cm³/mol. The summed E-state index contributed by atoms with van der Waals surface area (Å²) < 4.78 is 40.8. The van der Waals surface area contributed by atoms with E-state index in [0.717, 1.165) is 24.2 Å². The van der Waals surface area contributed by atoms with Crippen LogP contribution in [0.3, 0.4) is 0 Å². The van der Waals surface area contributed by atoms with Crippen LogP contribution in [0.25, 0.3) is 0 Å². The lowest BCUT2D eigenvalue weighted by atomic mass is 9.69. The van der Waals surface area contributed by atoms with Gasteiger partial charge in [-0.05, 0) is 42.5 Å². The third-order valence-corrected chi connectivity index (χ3v) is 3.71. The highest BCUT2D eigenvalue weighted by Gasteiger charge is 2.36. The van der Waals surface area contributed by atoms with Gasteiger partial charge in [0.05, 0.1) is 0 Å². The van der Waals surface area contributed by atoms with E-state index in [2.05, 4.69) is 14.7 Å². The largest absolute Gasteiger partial charge is 0.573 e. The second kappa shape index (κ2) is 5.35. The Morgan fingerprint density at radius 2 is 1.71 bits per heavy atom. The first kappa shape index (κ1) is 13.9. The van der Waals surface area contributed by atoms with Crippen molar-refractivity contribution >= 4 is 0 Å². The highest BCUT2D eigenvalue weighted by Crippen LogP contribution is 2.48. The summed E-state index contributed by atoms with van der Waals surface area (Å²) >= 11 is 0. The zero-order chi connectivity index (χ0) is 14.9. The summed E-state index contributed by atoms with van der Waals surface area (Å²) in [4.78, 5) is 8.47. The first-order valence-electron chi connectivity index (χ1n) is 6.65. The molecule has 1 heterocycles. The van der Waals surface area contributed by atoms with Crippen LogP contribution < -0.4 is 4.74 Å². The Hall–Kier alpha value is -2.11. The van der Waals surface area contributed by atoms with E-state index >= 15 is 0 Å². The van der Waals surface area contributed by atoms with Crippen molar-refractivity contribution in [3.63, 3.8) is 0 Å². The highest BCUT2D eigenvalue weighted by molar-refractivity contribution is 5.34. The van der Waals surface area contributed by atoms with Crippen LogP contribution in [0, 0.1) is 0 Å². The van der Waals surface area contributed by atoms with Crippen LogP contribution in [0.5, 0.6) is 5.75 Å². The summed E-state index contributed by atoms with van der Waals surface area (Å²) in [6.45, 7) is 0. The van der Waals surface area contributed by atoms with Gasteiger partial charge < -0.3 is 4.74 Å². The van der Waals surface area contributed by atoms with Crippen molar-refractivity contribution in [2.24, 2.45) is 0 Å². The van der Waals surface area contributed by atoms with E-state index in [1.807, 2.05) is 6.07 Å². The zero-order valence-corrected chi connectivity index (χ0v) is 11.0. The second-order valence-corrected chi connectivity index (χ2v) is 5.02. The van der Waals surface area contributed by atoms with Crippen LogP contribution >= 0.6 is 0 Å². The van der Waals surface area contributed by atoms with E-state index in [4.69, 9.17) is 0 Å². The number of halogens is 3. The van der Waals surface area contributed by atoms with Gasteiger partial charge in [-0.25, -0.2) is 9.97 Å². The smallest absolute Gasteiger partial charge is 0.406 e. The molecule has 21 heavy (non-hydrogen) atoms. The summed E-state index contributed by atoms with van der Waals surface area (Å²) in [5.41, 5.74) is 0.834. The first-order valence-corrected chi connectivity index (χ1v) is 6.65. The summed E-state index contributed by atoms with van der Waals surface area (Å²) in [6.07, 6.45) is 0.555. The normalized spacial score (nSPS) is 21.7. The molecular formula is C15H13F3N2O. The fraction of sp³-hybridized carbons (Fsp3) is 0.333. The Bertz CT molecular complexity index is 616. The number of alkyl halides is 3. The molecule has 2 atom stereocenters. The van der Waals surface area contributed by atoms with Gasteiger partial charge in [-0.1, -0.05) is 12.1 Å². The van der Waals surface area contributed by atoms with E-state index in [9.17, 15) is 13.2 Å². The van der Waals surface area contributed by atoms with E-state index in [1.165, 1.54) is 12.1 Å². The summed E-state index contributed by atoms with van der Waals surface area (Å²) in [5.74, 6) is 0.868. The number of hydrogen-bond donors (Lipinski definition) is 0. The standard InChI is InChI=1S/C15H13F3N2O/c16-15(17,18)21-11-4-1-3-10(9-11)12-5-6-13(12)14-19-7-2-8-20-14/h1-4,7-9,12-13H,5-6H2. The van der Waals surface area contributed by atoms with Crippen LogP contribution in [-0.2, 0) is 0 Å². The molecule has 1 aromatic carbocycles. The van der Waals surface area contributed by atoms with Crippen LogP contribution in [0.2, 0.25) is 0 Å². The Labute approximate surface area is 119 Å². The fourth-order valence-electron chi connectivity index (χ4n) is 2.65. The van der Waals surface area contributed by atoms with Gasteiger partial charge in [0.15, 0.2) is 0 Å². The maximum absolute atomic E-state index is 12.3. The second-order valence-electron chi connectivity index (χ2n) is 5.02. The number of nitrogens with zero attached hydrogens (tertiary/aromatic N) is 2. The average Bonchev–Trinajstić information content (AvgIpc) is 2.37. The molecule has 2 unspecified atom stereocenters. The number of aromatic nitrogens is 2. The lowest BCUT2D eigenvalue weighted by Crippen LogP contribution is -2.24. The molecule has 6 heteroatoms. The van der Waals surface area contributed by atoms with Gasteiger partial charge in [0.25, 0.3) is 0 Å². The Morgan fingerprint density at radius 3 is 2.33 bits per heavy atom. The van der Waals surface area contributed by atoms with Gasteiger partial charge in [-0.15, -0.1) is 13.2 Å². The van der Waals surface area contributed by atoms with E-state index in [1.54, 1.807) is 24.5 Å². The van der Waals surface area contributed by atoms with E-state index in [0.29, 0.717) is 0 Å². The molecule has 0 saturated heterocycles. The van der Waals surface area contributed by atoms with Gasteiger partial charge in [-0.2, -0.15) is 0 Å². The molecule has 1 saturated carbocycles. The number of rotatable bonds is 3. The molecule has 0 aliphatic heterocycles. The molecule has 1 fully saturated rings. The van der Waals surface area contributed by atoms with Crippen molar-refractivity contribution in [3.05, 3.63) is 54.1 Å². The first-order chi connectivity index (χ1) is 10.0.